The van der Waals surface area contributed by atoms with Gasteiger partial charge in [0.25, 0.3) is 0 Å². The summed E-state index contributed by atoms with van der Waals surface area (Å²) in [6.45, 7) is 4.30. The molecule has 0 aromatic carbocycles. The van der Waals surface area contributed by atoms with Gasteiger partial charge in [0, 0.05) is 13.0 Å². The summed E-state index contributed by atoms with van der Waals surface area (Å²) in [5, 5.41) is 3.66. The van der Waals surface area contributed by atoms with E-state index in [1.165, 1.54) is 25.7 Å². The molecule has 4 nitrogen and oxygen atoms in total. The van der Waals surface area contributed by atoms with Crippen LogP contribution in [0, 0.1) is 4.91 Å². The minimum Gasteiger partial charge on any atom is -0.273 e. The monoisotopic (exact) mass is 214 g/mol. The summed E-state index contributed by atoms with van der Waals surface area (Å²) < 4.78 is 0. The third-order valence-corrected chi connectivity index (χ3v) is 2.43. The molecule has 0 fully saturated rings. The number of hydrogen-bond donors (Lipinski definition) is 0. The molecule has 1 amide bonds. The van der Waals surface area contributed by atoms with Crippen LogP contribution in [0.5, 0.6) is 0 Å². The van der Waals surface area contributed by atoms with Crippen LogP contribution in [0.15, 0.2) is 5.29 Å². The first kappa shape index (κ1) is 14.1. The van der Waals surface area contributed by atoms with E-state index in [0.29, 0.717) is 13.0 Å². The van der Waals surface area contributed by atoms with Crippen molar-refractivity contribution in [1.82, 2.24) is 5.01 Å². The first-order valence-electron chi connectivity index (χ1n) is 5.89. The Morgan fingerprint density at radius 3 is 2.20 bits per heavy atom. The van der Waals surface area contributed by atoms with Gasteiger partial charge in [-0.05, 0) is 13.3 Å². The number of nitroso groups, excluding NO2 is 1. The fraction of sp³-hybridized carbons (Fsp3) is 0.909. The summed E-state index contributed by atoms with van der Waals surface area (Å²) in [5.74, 6) is -0.150. The normalized spacial score (nSPS) is 10.0. The molecule has 0 aliphatic rings. The third kappa shape index (κ3) is 7.05. The third-order valence-electron chi connectivity index (χ3n) is 2.43. The molecule has 0 spiro atoms. The summed E-state index contributed by atoms with van der Waals surface area (Å²) in [6, 6.07) is 0. The molecule has 0 saturated carbocycles. The van der Waals surface area contributed by atoms with Crippen molar-refractivity contribution in [3.8, 4) is 0 Å². The molecule has 0 saturated heterocycles. The van der Waals surface area contributed by atoms with E-state index in [1.807, 2.05) is 0 Å². The molecule has 0 bridgehead atoms. The molecule has 15 heavy (non-hydrogen) atoms. The van der Waals surface area contributed by atoms with Crippen LogP contribution in [0.4, 0.5) is 0 Å². The van der Waals surface area contributed by atoms with E-state index in [2.05, 4.69) is 12.2 Å². The quantitative estimate of drug-likeness (QED) is 0.336. The molecule has 0 atom stereocenters. The van der Waals surface area contributed by atoms with Crippen molar-refractivity contribution in [2.45, 2.75) is 58.8 Å². The SMILES string of the molecule is CCCCCCCCC(=O)N(CC)N=O. The number of carbonyl (C=O) groups is 1. The molecule has 0 unspecified atom stereocenters. The van der Waals surface area contributed by atoms with Crippen molar-refractivity contribution in [2.75, 3.05) is 6.54 Å². The fourth-order valence-corrected chi connectivity index (χ4v) is 1.47. The maximum atomic E-state index is 11.3. The van der Waals surface area contributed by atoms with Crippen LogP contribution in [-0.4, -0.2) is 17.5 Å². The molecule has 0 aliphatic carbocycles. The van der Waals surface area contributed by atoms with Gasteiger partial charge in [0.1, 0.15) is 0 Å². The second-order valence-corrected chi connectivity index (χ2v) is 3.71. The van der Waals surface area contributed by atoms with Crippen molar-refractivity contribution in [1.29, 1.82) is 0 Å². The van der Waals surface area contributed by atoms with Crippen LogP contribution in [0.2, 0.25) is 0 Å². The largest absolute Gasteiger partial charge is 0.273 e. The summed E-state index contributed by atoms with van der Waals surface area (Å²) in [4.78, 5) is 21.5. The zero-order valence-corrected chi connectivity index (χ0v) is 9.87. The van der Waals surface area contributed by atoms with Gasteiger partial charge >= 0.3 is 0 Å². The van der Waals surface area contributed by atoms with Gasteiger partial charge in [-0.15, -0.1) is 4.91 Å². The molecule has 4 heteroatoms. The zero-order valence-electron chi connectivity index (χ0n) is 9.87. The van der Waals surface area contributed by atoms with Gasteiger partial charge in [0.15, 0.2) is 0 Å². The number of hydrogen-bond acceptors (Lipinski definition) is 3. The summed E-state index contributed by atoms with van der Waals surface area (Å²) in [6.07, 6.45) is 7.32. The lowest BCUT2D eigenvalue weighted by atomic mass is 10.1. The van der Waals surface area contributed by atoms with E-state index < -0.39 is 0 Å². The Morgan fingerprint density at radius 1 is 1.07 bits per heavy atom. The Bertz CT molecular complexity index is 183. The lowest BCUT2D eigenvalue weighted by Gasteiger charge is -2.09. The minimum atomic E-state index is -0.150. The van der Waals surface area contributed by atoms with Crippen molar-refractivity contribution in [3.63, 3.8) is 0 Å². The van der Waals surface area contributed by atoms with E-state index >= 15 is 0 Å². The van der Waals surface area contributed by atoms with Crippen molar-refractivity contribution >= 4 is 5.91 Å². The highest BCUT2D eigenvalue weighted by Crippen LogP contribution is 2.08. The molecule has 0 aromatic rings. The molecular formula is C11H22N2O2. The van der Waals surface area contributed by atoms with Crippen molar-refractivity contribution < 1.29 is 4.79 Å². The highest BCUT2D eigenvalue weighted by Gasteiger charge is 2.10. The predicted octanol–water partition coefficient (Wildman–Crippen LogP) is 3.27. The van der Waals surface area contributed by atoms with Crippen LogP contribution >= 0.6 is 0 Å². The molecule has 0 aromatic heterocycles. The standard InChI is InChI=1S/C11H22N2O2/c1-3-5-6-7-8-9-10-11(14)13(4-2)12-15/h3-10H2,1-2H3. The summed E-state index contributed by atoms with van der Waals surface area (Å²) in [5.41, 5.74) is 0. The number of rotatable bonds is 9. The number of carbonyl (C=O) groups excluding carboxylic acids is 1. The van der Waals surface area contributed by atoms with Crippen LogP contribution in [0.1, 0.15) is 58.8 Å². The van der Waals surface area contributed by atoms with Gasteiger partial charge in [0.2, 0.25) is 5.91 Å². The first-order chi connectivity index (χ1) is 7.26. The number of amides is 1. The maximum Gasteiger partial charge on any atom is 0.245 e. The van der Waals surface area contributed by atoms with E-state index in [0.717, 1.165) is 17.9 Å². The van der Waals surface area contributed by atoms with E-state index in [-0.39, 0.29) is 5.91 Å². The Morgan fingerprint density at radius 2 is 1.67 bits per heavy atom. The molecule has 0 radical (unpaired) electrons. The van der Waals surface area contributed by atoms with Gasteiger partial charge in [-0.25, -0.2) is 0 Å². The Labute approximate surface area is 92.0 Å². The minimum absolute atomic E-state index is 0.150. The summed E-state index contributed by atoms with van der Waals surface area (Å²) >= 11 is 0. The topological polar surface area (TPSA) is 49.7 Å². The zero-order chi connectivity index (χ0) is 11.5. The highest BCUT2D eigenvalue weighted by atomic mass is 16.3. The second-order valence-electron chi connectivity index (χ2n) is 3.71. The average Bonchev–Trinajstić information content (AvgIpc) is 2.25. The lowest BCUT2D eigenvalue weighted by Crippen LogP contribution is -2.24. The molecule has 88 valence electrons. The van der Waals surface area contributed by atoms with E-state index in [4.69, 9.17) is 0 Å². The molecule has 0 N–H and O–H groups in total. The van der Waals surface area contributed by atoms with Gasteiger partial charge in [-0.2, -0.15) is 5.01 Å². The van der Waals surface area contributed by atoms with Crippen LogP contribution in [0.25, 0.3) is 0 Å². The van der Waals surface area contributed by atoms with E-state index in [1.54, 1.807) is 6.92 Å². The van der Waals surface area contributed by atoms with Crippen LogP contribution < -0.4 is 0 Å². The predicted molar refractivity (Wildman–Crippen MR) is 61.2 cm³/mol. The van der Waals surface area contributed by atoms with Gasteiger partial charge < -0.3 is 0 Å². The molecule has 0 aliphatic heterocycles. The Balaban J connectivity index is 3.42. The van der Waals surface area contributed by atoms with Crippen molar-refractivity contribution in [2.24, 2.45) is 5.29 Å². The number of nitrogens with zero attached hydrogens (tertiary/aromatic N) is 2. The molecule has 0 rings (SSSR count). The van der Waals surface area contributed by atoms with Gasteiger partial charge in [-0.1, -0.05) is 39.0 Å². The van der Waals surface area contributed by atoms with Gasteiger partial charge in [-0.3, -0.25) is 4.79 Å². The lowest BCUT2D eigenvalue weighted by molar-refractivity contribution is -0.131. The van der Waals surface area contributed by atoms with Crippen LogP contribution in [-0.2, 0) is 4.79 Å². The highest BCUT2D eigenvalue weighted by molar-refractivity contribution is 5.75. The van der Waals surface area contributed by atoms with E-state index in [9.17, 15) is 9.70 Å². The molecule has 0 heterocycles. The first-order valence-corrected chi connectivity index (χ1v) is 5.89. The Kier molecular flexibility index (Phi) is 9.02. The summed E-state index contributed by atoms with van der Waals surface area (Å²) in [7, 11) is 0. The van der Waals surface area contributed by atoms with Crippen LogP contribution in [0.3, 0.4) is 0 Å². The van der Waals surface area contributed by atoms with Gasteiger partial charge in [0.05, 0.1) is 5.29 Å². The van der Waals surface area contributed by atoms with Crippen molar-refractivity contribution in [3.05, 3.63) is 4.91 Å². The smallest absolute Gasteiger partial charge is 0.245 e. The fourth-order valence-electron chi connectivity index (χ4n) is 1.47. The average molecular weight is 214 g/mol. The Hall–Kier alpha value is -0.930. The second kappa shape index (κ2) is 9.62. The maximum absolute atomic E-state index is 11.3. The molecular weight excluding hydrogens is 192 g/mol. The number of unbranched alkanes of at least 4 members (excludes halogenated alkanes) is 5.